The first-order valence-electron chi connectivity index (χ1n) is 9.99. The molecule has 0 bridgehead atoms. The molecule has 1 saturated carbocycles. The number of guanidine groups is 1. The van der Waals surface area contributed by atoms with Crippen molar-refractivity contribution in [1.82, 2.24) is 15.5 Å². The zero-order chi connectivity index (χ0) is 19.1. The van der Waals surface area contributed by atoms with E-state index in [-0.39, 0.29) is 11.7 Å². The average Bonchev–Trinajstić information content (AvgIpc) is 3.49. The van der Waals surface area contributed by atoms with Gasteiger partial charge in [-0.3, -0.25) is 9.79 Å². The SMILES string of the molecule is CCNC(=NCCCC(=O)NC1CC1)N1CCN(c2ccccc2F)CC1. The number of nitrogens with zero attached hydrogens (tertiary/aromatic N) is 3. The lowest BCUT2D eigenvalue weighted by molar-refractivity contribution is -0.121. The van der Waals surface area contributed by atoms with Crippen LogP contribution in [0.3, 0.4) is 0 Å². The number of halogens is 1. The van der Waals surface area contributed by atoms with Crippen molar-refractivity contribution in [2.45, 2.75) is 38.6 Å². The molecular formula is C20H30FN5O. The first-order valence-corrected chi connectivity index (χ1v) is 9.99. The number of hydrogen-bond donors (Lipinski definition) is 2. The van der Waals surface area contributed by atoms with Crippen LogP contribution in [-0.2, 0) is 4.79 Å². The molecule has 27 heavy (non-hydrogen) atoms. The predicted octanol–water partition coefficient (Wildman–Crippen LogP) is 1.97. The van der Waals surface area contributed by atoms with Crippen LogP contribution in [0.4, 0.5) is 10.1 Å². The minimum atomic E-state index is -0.170. The van der Waals surface area contributed by atoms with Gasteiger partial charge in [0.1, 0.15) is 5.82 Å². The number of anilines is 1. The highest BCUT2D eigenvalue weighted by Gasteiger charge is 2.23. The number of benzene rings is 1. The van der Waals surface area contributed by atoms with Gasteiger partial charge in [0.25, 0.3) is 0 Å². The molecule has 6 nitrogen and oxygen atoms in total. The third kappa shape index (κ3) is 5.84. The third-order valence-electron chi connectivity index (χ3n) is 4.87. The van der Waals surface area contributed by atoms with E-state index in [0.717, 1.165) is 57.9 Å². The molecule has 2 aliphatic rings. The monoisotopic (exact) mass is 375 g/mol. The number of carbonyl (C=O) groups is 1. The molecule has 7 heteroatoms. The summed E-state index contributed by atoms with van der Waals surface area (Å²) in [7, 11) is 0. The number of rotatable bonds is 7. The van der Waals surface area contributed by atoms with Gasteiger partial charge in [-0.1, -0.05) is 12.1 Å². The highest BCUT2D eigenvalue weighted by Crippen LogP contribution is 2.20. The van der Waals surface area contributed by atoms with Crippen molar-refractivity contribution in [2.75, 3.05) is 44.2 Å². The Morgan fingerprint density at radius 2 is 1.96 bits per heavy atom. The van der Waals surface area contributed by atoms with Gasteiger partial charge in [0.15, 0.2) is 5.96 Å². The molecule has 148 valence electrons. The molecular weight excluding hydrogens is 345 g/mol. The van der Waals surface area contributed by atoms with Gasteiger partial charge in [0, 0.05) is 51.7 Å². The van der Waals surface area contributed by atoms with E-state index >= 15 is 0 Å². The van der Waals surface area contributed by atoms with Gasteiger partial charge in [-0.25, -0.2) is 4.39 Å². The summed E-state index contributed by atoms with van der Waals surface area (Å²) in [4.78, 5) is 20.7. The fourth-order valence-corrected chi connectivity index (χ4v) is 3.25. The van der Waals surface area contributed by atoms with Gasteiger partial charge in [-0.2, -0.15) is 0 Å². The lowest BCUT2D eigenvalue weighted by Gasteiger charge is -2.37. The lowest BCUT2D eigenvalue weighted by atomic mass is 10.2. The number of hydrogen-bond acceptors (Lipinski definition) is 3. The molecule has 0 atom stereocenters. The van der Waals surface area contributed by atoms with Crippen LogP contribution in [-0.4, -0.2) is 62.1 Å². The molecule has 1 aliphatic heterocycles. The van der Waals surface area contributed by atoms with Crippen LogP contribution in [0, 0.1) is 5.82 Å². The first kappa shape index (κ1) is 19.5. The Bertz CT molecular complexity index is 654. The summed E-state index contributed by atoms with van der Waals surface area (Å²) in [5.41, 5.74) is 0.667. The number of para-hydroxylation sites is 1. The maximum atomic E-state index is 14.0. The lowest BCUT2D eigenvalue weighted by Crippen LogP contribution is -2.52. The molecule has 1 aliphatic carbocycles. The van der Waals surface area contributed by atoms with Crippen LogP contribution in [0.15, 0.2) is 29.3 Å². The Kier molecular flexibility index (Phi) is 6.90. The van der Waals surface area contributed by atoms with E-state index in [1.807, 2.05) is 19.1 Å². The van der Waals surface area contributed by atoms with Crippen molar-refractivity contribution in [1.29, 1.82) is 0 Å². The predicted molar refractivity (Wildman–Crippen MR) is 107 cm³/mol. The van der Waals surface area contributed by atoms with Crippen molar-refractivity contribution < 1.29 is 9.18 Å². The molecule has 0 spiro atoms. The Balaban J connectivity index is 1.46. The summed E-state index contributed by atoms with van der Waals surface area (Å²) in [5.74, 6) is 0.848. The largest absolute Gasteiger partial charge is 0.366 e. The van der Waals surface area contributed by atoms with E-state index in [9.17, 15) is 9.18 Å². The highest BCUT2D eigenvalue weighted by atomic mass is 19.1. The molecule has 0 radical (unpaired) electrons. The van der Waals surface area contributed by atoms with Crippen LogP contribution in [0.25, 0.3) is 0 Å². The first-order chi connectivity index (χ1) is 13.2. The van der Waals surface area contributed by atoms with Crippen LogP contribution in [0.2, 0.25) is 0 Å². The summed E-state index contributed by atoms with van der Waals surface area (Å²) in [6, 6.07) is 7.35. The van der Waals surface area contributed by atoms with Crippen LogP contribution in [0.1, 0.15) is 32.6 Å². The normalized spacial score (nSPS) is 17.8. The van der Waals surface area contributed by atoms with Gasteiger partial charge in [0.2, 0.25) is 5.91 Å². The van der Waals surface area contributed by atoms with E-state index in [4.69, 9.17) is 0 Å². The summed E-state index contributed by atoms with van der Waals surface area (Å²) < 4.78 is 14.0. The second kappa shape index (κ2) is 9.58. The zero-order valence-corrected chi connectivity index (χ0v) is 16.1. The Hall–Kier alpha value is -2.31. The van der Waals surface area contributed by atoms with Gasteiger partial charge in [-0.15, -0.1) is 0 Å². The Morgan fingerprint density at radius 3 is 2.63 bits per heavy atom. The standard InChI is InChI=1S/C20H30FN5O/c1-2-22-20(23-11-5-8-19(27)24-16-9-10-16)26-14-12-25(13-15-26)18-7-4-3-6-17(18)21/h3-4,6-7,16H,2,5,8-15H2,1H3,(H,22,23)(H,24,27). The van der Waals surface area contributed by atoms with Crippen LogP contribution in [0.5, 0.6) is 0 Å². The molecule has 0 unspecified atom stereocenters. The number of nitrogens with one attached hydrogen (secondary N) is 2. The quantitative estimate of drug-likeness (QED) is 0.435. The second-order valence-corrected chi connectivity index (χ2v) is 7.11. The number of piperazine rings is 1. The molecule has 1 saturated heterocycles. The number of amides is 1. The number of aliphatic imine (C=N–C) groups is 1. The fraction of sp³-hybridized carbons (Fsp3) is 0.600. The van der Waals surface area contributed by atoms with Crippen molar-refractivity contribution in [3.63, 3.8) is 0 Å². The van der Waals surface area contributed by atoms with Crippen LogP contribution < -0.4 is 15.5 Å². The molecule has 2 N–H and O–H groups in total. The molecule has 3 rings (SSSR count). The molecule has 0 aromatic heterocycles. The van der Waals surface area contributed by atoms with Gasteiger partial charge in [-0.05, 0) is 38.3 Å². The molecule has 1 amide bonds. The van der Waals surface area contributed by atoms with Crippen molar-refractivity contribution in [2.24, 2.45) is 4.99 Å². The smallest absolute Gasteiger partial charge is 0.220 e. The van der Waals surface area contributed by atoms with Crippen molar-refractivity contribution in [3.05, 3.63) is 30.1 Å². The third-order valence-corrected chi connectivity index (χ3v) is 4.87. The maximum Gasteiger partial charge on any atom is 0.220 e. The van der Waals surface area contributed by atoms with E-state index in [0.29, 0.717) is 24.7 Å². The van der Waals surface area contributed by atoms with Crippen molar-refractivity contribution in [3.8, 4) is 0 Å². The molecule has 2 fully saturated rings. The van der Waals surface area contributed by atoms with Gasteiger partial charge < -0.3 is 20.4 Å². The van der Waals surface area contributed by atoms with Crippen LogP contribution >= 0.6 is 0 Å². The highest BCUT2D eigenvalue weighted by molar-refractivity contribution is 5.80. The van der Waals surface area contributed by atoms with E-state index in [1.165, 1.54) is 6.07 Å². The van der Waals surface area contributed by atoms with Gasteiger partial charge >= 0.3 is 0 Å². The van der Waals surface area contributed by atoms with Crippen molar-refractivity contribution >= 4 is 17.6 Å². The summed E-state index contributed by atoms with van der Waals surface area (Å²) in [6.07, 6.45) is 3.52. The van der Waals surface area contributed by atoms with E-state index in [2.05, 4.69) is 25.4 Å². The van der Waals surface area contributed by atoms with E-state index in [1.54, 1.807) is 6.07 Å². The number of carbonyl (C=O) groups excluding carboxylic acids is 1. The minimum Gasteiger partial charge on any atom is -0.366 e. The van der Waals surface area contributed by atoms with E-state index < -0.39 is 0 Å². The average molecular weight is 375 g/mol. The Labute approximate surface area is 160 Å². The molecule has 1 heterocycles. The summed E-state index contributed by atoms with van der Waals surface area (Å²) in [6.45, 7) is 6.59. The topological polar surface area (TPSA) is 60.0 Å². The summed E-state index contributed by atoms with van der Waals surface area (Å²) in [5, 5.41) is 6.34. The zero-order valence-electron chi connectivity index (χ0n) is 16.1. The second-order valence-electron chi connectivity index (χ2n) is 7.11. The minimum absolute atomic E-state index is 0.135. The molecule has 1 aromatic rings. The fourth-order valence-electron chi connectivity index (χ4n) is 3.25. The van der Waals surface area contributed by atoms with Gasteiger partial charge in [0.05, 0.1) is 5.69 Å². The summed E-state index contributed by atoms with van der Waals surface area (Å²) >= 11 is 0. The Morgan fingerprint density at radius 1 is 1.22 bits per heavy atom. The molecule has 1 aromatic carbocycles. The maximum absolute atomic E-state index is 14.0.